The SMILES string of the molecule is NC(=O)C1(C(=O)O)CC2CCC(O2)C1N(Oc1ccc(Cl)cc1)S(=O)(=O)c1ccccc1. The summed E-state index contributed by atoms with van der Waals surface area (Å²) in [5, 5.41) is 10.5. The summed E-state index contributed by atoms with van der Waals surface area (Å²) in [6, 6.07) is 11.7. The molecule has 4 atom stereocenters. The number of carbonyl (C=O) groups is 2. The minimum Gasteiger partial charge on any atom is -0.480 e. The molecule has 2 aromatic carbocycles. The molecule has 2 fully saturated rings. The number of aliphatic carboxylic acids is 1. The smallest absolute Gasteiger partial charge is 0.321 e. The second-order valence-corrected chi connectivity index (χ2v) is 10.0. The first-order valence-corrected chi connectivity index (χ1v) is 11.7. The predicted octanol–water partition coefficient (Wildman–Crippen LogP) is 2.20. The van der Waals surface area contributed by atoms with E-state index < -0.39 is 45.6 Å². The van der Waals surface area contributed by atoms with Crippen LogP contribution in [-0.4, -0.2) is 48.1 Å². The molecule has 2 aliphatic rings. The predicted molar refractivity (Wildman–Crippen MR) is 113 cm³/mol. The van der Waals surface area contributed by atoms with E-state index in [1.54, 1.807) is 6.07 Å². The van der Waals surface area contributed by atoms with Crippen LogP contribution in [0.25, 0.3) is 0 Å². The fourth-order valence-corrected chi connectivity index (χ4v) is 5.98. The third-order valence-electron chi connectivity index (χ3n) is 5.88. The number of primary amides is 1. The van der Waals surface area contributed by atoms with E-state index in [-0.39, 0.29) is 17.1 Å². The third kappa shape index (κ3) is 3.73. The molecule has 170 valence electrons. The molecular weight excluding hydrogens is 460 g/mol. The van der Waals surface area contributed by atoms with Gasteiger partial charge in [-0.25, -0.2) is 8.42 Å². The molecule has 2 saturated heterocycles. The summed E-state index contributed by atoms with van der Waals surface area (Å²) >= 11 is 5.92. The molecule has 2 heterocycles. The van der Waals surface area contributed by atoms with Crippen LogP contribution in [0.1, 0.15) is 19.3 Å². The van der Waals surface area contributed by atoms with E-state index in [4.69, 9.17) is 26.9 Å². The van der Waals surface area contributed by atoms with Crippen LogP contribution in [0, 0.1) is 5.41 Å². The van der Waals surface area contributed by atoms with Gasteiger partial charge in [-0.1, -0.05) is 29.8 Å². The first kappa shape index (κ1) is 22.5. The number of carboxylic acids is 1. The average molecular weight is 481 g/mol. The molecule has 0 radical (unpaired) electrons. The van der Waals surface area contributed by atoms with Gasteiger partial charge in [0.25, 0.3) is 10.0 Å². The van der Waals surface area contributed by atoms with Crippen molar-refractivity contribution in [2.24, 2.45) is 11.1 Å². The van der Waals surface area contributed by atoms with Crippen molar-refractivity contribution in [3.63, 3.8) is 0 Å². The number of rotatable bonds is 7. The Labute approximate surface area is 189 Å². The van der Waals surface area contributed by atoms with Gasteiger partial charge < -0.3 is 20.4 Å². The second-order valence-electron chi connectivity index (χ2n) is 7.78. The number of carbonyl (C=O) groups excluding carboxylic acids is 1. The molecule has 0 spiro atoms. The molecule has 0 saturated carbocycles. The van der Waals surface area contributed by atoms with E-state index in [0.29, 0.717) is 22.3 Å². The fraction of sp³-hybridized carbons (Fsp3) is 0.333. The third-order valence-corrected chi connectivity index (χ3v) is 7.78. The topological polar surface area (TPSA) is 136 Å². The number of hydrogen-bond donors (Lipinski definition) is 2. The Hall–Kier alpha value is -2.66. The second kappa shape index (κ2) is 8.36. The summed E-state index contributed by atoms with van der Waals surface area (Å²) in [4.78, 5) is 30.7. The van der Waals surface area contributed by atoms with E-state index in [2.05, 4.69) is 0 Å². The van der Waals surface area contributed by atoms with Gasteiger partial charge in [0.2, 0.25) is 5.91 Å². The number of ether oxygens (including phenoxy) is 1. The number of sulfonamides is 1. The first-order valence-electron chi connectivity index (χ1n) is 9.88. The Morgan fingerprint density at radius 3 is 2.38 bits per heavy atom. The molecule has 2 bridgehead atoms. The zero-order chi connectivity index (χ0) is 23.1. The first-order chi connectivity index (χ1) is 15.2. The van der Waals surface area contributed by atoms with Gasteiger partial charge >= 0.3 is 5.97 Å². The Balaban J connectivity index is 1.90. The highest BCUT2D eigenvalue weighted by atomic mass is 35.5. The van der Waals surface area contributed by atoms with E-state index in [1.807, 2.05) is 0 Å². The van der Waals surface area contributed by atoms with Crippen molar-refractivity contribution >= 4 is 33.5 Å². The van der Waals surface area contributed by atoms with Crippen LogP contribution >= 0.6 is 11.6 Å². The van der Waals surface area contributed by atoms with Crippen molar-refractivity contribution in [2.75, 3.05) is 0 Å². The number of nitrogens with two attached hydrogens (primary N) is 1. The minimum atomic E-state index is -4.44. The number of nitrogens with zero attached hydrogens (tertiary/aromatic N) is 1. The minimum absolute atomic E-state index is 0.0813. The summed E-state index contributed by atoms with van der Waals surface area (Å²) < 4.78 is 33.8. The van der Waals surface area contributed by atoms with Gasteiger partial charge in [0.15, 0.2) is 5.41 Å². The van der Waals surface area contributed by atoms with Gasteiger partial charge in [-0.2, -0.15) is 0 Å². The Morgan fingerprint density at radius 2 is 1.78 bits per heavy atom. The lowest BCUT2D eigenvalue weighted by atomic mass is 9.73. The molecule has 0 aliphatic carbocycles. The average Bonchev–Trinajstić information content (AvgIpc) is 3.15. The molecule has 11 heteroatoms. The number of halogens is 1. The lowest BCUT2D eigenvalue weighted by molar-refractivity contribution is -0.192. The van der Waals surface area contributed by atoms with E-state index in [0.717, 1.165) is 0 Å². The number of hydrogen-bond acceptors (Lipinski definition) is 6. The number of hydroxylamine groups is 1. The van der Waals surface area contributed by atoms with Gasteiger partial charge in [-0.15, -0.1) is 0 Å². The standard InChI is InChI=1S/C21H21ClN2O7S/c22-13-6-8-14(9-7-13)31-24(32(28,29)16-4-2-1-3-5-16)18-17-11-10-15(30-17)12-21(18,19(23)25)20(26)27/h1-9,15,17-18H,10-12H2,(H2,23,25)(H,26,27). The summed E-state index contributed by atoms with van der Waals surface area (Å²) in [5.74, 6) is -2.59. The van der Waals surface area contributed by atoms with Crippen LogP contribution < -0.4 is 10.6 Å². The maximum absolute atomic E-state index is 13.7. The van der Waals surface area contributed by atoms with Crippen LogP contribution in [0.2, 0.25) is 5.02 Å². The van der Waals surface area contributed by atoms with Crippen molar-refractivity contribution in [3.8, 4) is 5.75 Å². The molecule has 2 aromatic rings. The van der Waals surface area contributed by atoms with Gasteiger partial charge in [-0.3, -0.25) is 9.59 Å². The molecule has 1 amide bonds. The van der Waals surface area contributed by atoms with Crippen molar-refractivity contribution in [1.29, 1.82) is 0 Å². The molecular formula is C21H21ClN2O7S. The molecule has 3 N–H and O–H groups in total. The Morgan fingerprint density at radius 1 is 1.12 bits per heavy atom. The number of amides is 1. The van der Waals surface area contributed by atoms with E-state index >= 15 is 0 Å². The van der Waals surface area contributed by atoms with Gasteiger partial charge in [-0.05, 0) is 53.7 Å². The van der Waals surface area contributed by atoms with E-state index in [1.165, 1.54) is 48.5 Å². The lowest BCUT2D eigenvalue weighted by Gasteiger charge is -2.45. The highest BCUT2D eigenvalue weighted by Gasteiger charge is 2.65. The summed E-state index contributed by atoms with van der Waals surface area (Å²) in [5.41, 5.74) is 3.37. The largest absolute Gasteiger partial charge is 0.480 e. The van der Waals surface area contributed by atoms with Gasteiger partial charge in [0, 0.05) is 11.4 Å². The molecule has 2 aliphatic heterocycles. The Bertz CT molecular complexity index is 1110. The number of fused-ring (bicyclic) bond motifs is 2. The highest BCUT2D eigenvalue weighted by Crippen LogP contribution is 2.48. The summed E-state index contributed by atoms with van der Waals surface area (Å²) in [6.45, 7) is 0. The fourth-order valence-electron chi connectivity index (χ4n) is 4.35. The van der Waals surface area contributed by atoms with Crippen LogP contribution in [0.5, 0.6) is 5.75 Å². The molecule has 0 aromatic heterocycles. The number of carboxylic acid groups (broad SMARTS) is 1. The van der Waals surface area contributed by atoms with E-state index in [9.17, 15) is 23.1 Å². The van der Waals surface area contributed by atoms with Crippen LogP contribution in [0.15, 0.2) is 59.5 Å². The molecule has 4 rings (SSSR count). The zero-order valence-corrected chi connectivity index (χ0v) is 18.3. The lowest BCUT2D eigenvalue weighted by Crippen LogP contribution is -2.67. The number of benzene rings is 2. The highest BCUT2D eigenvalue weighted by molar-refractivity contribution is 7.89. The summed E-state index contributed by atoms with van der Waals surface area (Å²) in [6.07, 6.45) is -0.852. The van der Waals surface area contributed by atoms with Crippen molar-refractivity contribution in [3.05, 3.63) is 59.6 Å². The maximum Gasteiger partial charge on any atom is 0.321 e. The van der Waals surface area contributed by atoms with Crippen molar-refractivity contribution < 1.29 is 32.7 Å². The normalized spacial score (nSPS) is 27.2. The summed E-state index contributed by atoms with van der Waals surface area (Å²) in [7, 11) is -4.44. The molecule has 32 heavy (non-hydrogen) atoms. The van der Waals surface area contributed by atoms with Crippen LogP contribution in [0.4, 0.5) is 0 Å². The van der Waals surface area contributed by atoms with Gasteiger partial charge in [0.05, 0.1) is 17.1 Å². The zero-order valence-electron chi connectivity index (χ0n) is 16.8. The monoisotopic (exact) mass is 480 g/mol. The molecule has 9 nitrogen and oxygen atoms in total. The molecule has 4 unspecified atom stereocenters. The van der Waals surface area contributed by atoms with Crippen molar-refractivity contribution in [2.45, 2.75) is 42.4 Å². The quantitative estimate of drug-likeness (QED) is 0.458. The van der Waals surface area contributed by atoms with Crippen LogP contribution in [-0.2, 0) is 24.3 Å². The van der Waals surface area contributed by atoms with Crippen LogP contribution in [0.3, 0.4) is 0 Å². The van der Waals surface area contributed by atoms with Crippen molar-refractivity contribution in [1.82, 2.24) is 4.47 Å². The Kier molecular flexibility index (Phi) is 5.89. The van der Waals surface area contributed by atoms with Gasteiger partial charge in [0.1, 0.15) is 11.8 Å². The maximum atomic E-state index is 13.7.